The van der Waals surface area contributed by atoms with Crippen LogP contribution >= 0.6 is 0 Å². The highest BCUT2D eigenvalue weighted by atomic mass is 16.5. The van der Waals surface area contributed by atoms with Gasteiger partial charge in [-0.2, -0.15) is 0 Å². The fraction of sp³-hybridized carbons (Fsp3) is 0.700. The van der Waals surface area contributed by atoms with Crippen molar-refractivity contribution in [1.29, 1.82) is 0 Å². The lowest BCUT2D eigenvalue weighted by Gasteiger charge is -2.29. The van der Waals surface area contributed by atoms with E-state index in [0.717, 1.165) is 37.2 Å². The third-order valence-corrected chi connectivity index (χ3v) is 7.15. The third-order valence-electron chi connectivity index (χ3n) is 7.15. The molecule has 0 aliphatic carbocycles. The smallest absolute Gasteiger partial charge is 0.325 e. The zero-order chi connectivity index (χ0) is 30.1. The summed E-state index contributed by atoms with van der Waals surface area (Å²) < 4.78 is 5.63. The van der Waals surface area contributed by atoms with Crippen LogP contribution in [0, 0.1) is 5.92 Å². The van der Waals surface area contributed by atoms with Crippen LogP contribution in [0.15, 0.2) is 24.4 Å². The molecule has 40 heavy (non-hydrogen) atoms. The second-order valence-electron chi connectivity index (χ2n) is 10.9. The molecule has 1 aliphatic heterocycles. The van der Waals surface area contributed by atoms with Gasteiger partial charge in [-0.05, 0) is 25.8 Å². The Labute approximate surface area is 239 Å². The second kappa shape index (κ2) is 18.4. The molecule has 0 radical (unpaired) electrons. The van der Waals surface area contributed by atoms with E-state index in [1.54, 1.807) is 0 Å². The summed E-state index contributed by atoms with van der Waals surface area (Å²) in [6, 6.07) is 0. The number of nitrogens with zero attached hydrogens (tertiary/aromatic N) is 1. The normalized spacial score (nSPS) is 24.0. The maximum atomic E-state index is 13.2. The van der Waals surface area contributed by atoms with Crippen LogP contribution in [0.3, 0.4) is 0 Å². The lowest BCUT2D eigenvalue weighted by Crippen LogP contribution is -2.55. The highest BCUT2D eigenvalue weighted by Crippen LogP contribution is 2.23. The lowest BCUT2D eigenvalue weighted by atomic mass is 9.85. The predicted molar refractivity (Wildman–Crippen MR) is 153 cm³/mol. The number of cyclic esters (lactones) is 1. The van der Waals surface area contributed by atoms with Gasteiger partial charge in [0.15, 0.2) is 11.4 Å². The maximum absolute atomic E-state index is 13.2. The number of carbonyl (C=O) groups is 5. The monoisotopic (exact) mass is 563 g/mol. The number of allylic oxidation sites excluding steroid dienone is 1. The topological polar surface area (TPSA) is 142 Å². The van der Waals surface area contributed by atoms with Crippen molar-refractivity contribution in [3.8, 4) is 0 Å². The molecule has 0 aromatic rings. The summed E-state index contributed by atoms with van der Waals surface area (Å²) >= 11 is 0. The fourth-order valence-corrected chi connectivity index (χ4v) is 4.52. The van der Waals surface area contributed by atoms with Gasteiger partial charge in [0.25, 0.3) is 5.91 Å². The van der Waals surface area contributed by atoms with Crippen LogP contribution < -0.4 is 10.6 Å². The van der Waals surface area contributed by atoms with Crippen LogP contribution in [-0.2, 0) is 28.7 Å². The molecule has 226 valence electrons. The molecule has 0 aromatic heterocycles. The Hall–Kier alpha value is -3.01. The van der Waals surface area contributed by atoms with Crippen LogP contribution in [0.25, 0.3) is 0 Å². The van der Waals surface area contributed by atoms with Gasteiger partial charge in [0.05, 0.1) is 12.5 Å². The summed E-state index contributed by atoms with van der Waals surface area (Å²) in [7, 11) is 1.42. The number of likely N-dealkylation sites (N-methyl/N-ethyl adjacent to an activating group) is 1. The van der Waals surface area contributed by atoms with Gasteiger partial charge >= 0.3 is 5.97 Å². The van der Waals surface area contributed by atoms with Crippen molar-refractivity contribution in [3.63, 3.8) is 0 Å². The number of carbonyl (C=O) groups excluding carboxylic acids is 5. The number of ketones is 1. The average molecular weight is 564 g/mol. The number of rotatable bonds is 12. The molecule has 3 unspecified atom stereocenters. The van der Waals surface area contributed by atoms with E-state index in [0.29, 0.717) is 12.8 Å². The second-order valence-corrected chi connectivity index (χ2v) is 10.9. The van der Waals surface area contributed by atoms with Gasteiger partial charge < -0.3 is 25.4 Å². The largest absolute Gasteiger partial charge is 0.460 e. The molecule has 0 saturated carbocycles. The lowest BCUT2D eigenvalue weighted by molar-refractivity contribution is -0.162. The molecule has 3 atom stereocenters. The Kier molecular flexibility index (Phi) is 16.1. The van der Waals surface area contributed by atoms with E-state index in [9.17, 15) is 29.1 Å². The molecular weight excluding hydrogens is 514 g/mol. The Balaban J connectivity index is 2.86. The molecule has 1 rings (SSSR count). The Morgan fingerprint density at radius 2 is 1.52 bits per heavy atom. The fourth-order valence-electron chi connectivity index (χ4n) is 4.52. The molecule has 0 fully saturated rings. The predicted octanol–water partition coefficient (Wildman–Crippen LogP) is 3.33. The number of amides is 3. The number of unbranched alkanes of at least 4 members (excludes halogenated alkanes) is 10. The number of ether oxygens (including phenoxy) is 1. The van der Waals surface area contributed by atoms with Gasteiger partial charge in [-0.15, -0.1) is 0 Å². The molecule has 3 amide bonds. The Bertz CT molecular complexity index is 913. The SMILES string of the molecule is C=C1C=CC(=O)N(C)CC(=O)OC(CCCCCCCCCCCCC)C(C)C(=O)C(C)(O)C(=O)NCC(=O)N1. The van der Waals surface area contributed by atoms with E-state index in [1.807, 2.05) is 0 Å². The highest BCUT2D eigenvalue weighted by molar-refractivity contribution is 6.10. The van der Waals surface area contributed by atoms with Gasteiger partial charge in [-0.3, -0.25) is 24.0 Å². The van der Waals surface area contributed by atoms with E-state index < -0.39 is 53.6 Å². The van der Waals surface area contributed by atoms with Crippen molar-refractivity contribution >= 4 is 29.5 Å². The van der Waals surface area contributed by atoms with Crippen molar-refractivity contribution < 1.29 is 33.8 Å². The van der Waals surface area contributed by atoms with E-state index in [1.165, 1.54) is 65.0 Å². The van der Waals surface area contributed by atoms with Crippen LogP contribution in [0.4, 0.5) is 0 Å². The van der Waals surface area contributed by atoms with Crippen LogP contribution in [-0.4, -0.2) is 71.3 Å². The molecule has 0 saturated heterocycles. The van der Waals surface area contributed by atoms with Crippen molar-refractivity contribution in [2.75, 3.05) is 20.1 Å². The van der Waals surface area contributed by atoms with Crippen molar-refractivity contribution in [2.24, 2.45) is 5.92 Å². The van der Waals surface area contributed by atoms with E-state index in [-0.39, 0.29) is 12.2 Å². The minimum Gasteiger partial charge on any atom is -0.460 e. The summed E-state index contributed by atoms with van der Waals surface area (Å²) in [5.74, 6) is -4.75. The minimum atomic E-state index is -2.45. The quantitative estimate of drug-likeness (QED) is 0.188. The number of esters is 1. The van der Waals surface area contributed by atoms with Gasteiger partial charge in [0, 0.05) is 18.8 Å². The van der Waals surface area contributed by atoms with Crippen molar-refractivity contribution in [3.05, 3.63) is 24.4 Å². The van der Waals surface area contributed by atoms with Crippen LogP contribution in [0.2, 0.25) is 0 Å². The number of hydrogen-bond acceptors (Lipinski definition) is 7. The third kappa shape index (κ3) is 12.9. The van der Waals surface area contributed by atoms with E-state index in [4.69, 9.17) is 4.74 Å². The molecule has 1 heterocycles. The first-order chi connectivity index (χ1) is 18.9. The molecule has 0 bridgehead atoms. The summed E-state index contributed by atoms with van der Waals surface area (Å²) in [6.07, 6.45) is 14.4. The first kappa shape index (κ1) is 35.0. The Morgan fingerprint density at radius 1 is 0.975 bits per heavy atom. The minimum absolute atomic E-state index is 0.0800. The molecule has 3 N–H and O–H groups in total. The maximum Gasteiger partial charge on any atom is 0.325 e. The van der Waals surface area contributed by atoms with Gasteiger partial charge in [-0.1, -0.05) is 84.6 Å². The number of Topliss-reactive ketones (excluding diaryl/α,β-unsaturated/α-hetero) is 1. The zero-order valence-corrected chi connectivity index (χ0v) is 24.8. The number of aliphatic hydroxyl groups is 1. The van der Waals surface area contributed by atoms with Crippen molar-refractivity contribution in [1.82, 2.24) is 15.5 Å². The van der Waals surface area contributed by atoms with Crippen LogP contribution in [0.5, 0.6) is 0 Å². The van der Waals surface area contributed by atoms with Crippen molar-refractivity contribution in [2.45, 2.75) is 110 Å². The zero-order valence-electron chi connectivity index (χ0n) is 24.8. The molecule has 1 aliphatic rings. The van der Waals surface area contributed by atoms with Gasteiger partial charge in [0.2, 0.25) is 11.8 Å². The standard InChI is InChI=1S/C30H49N3O7/c1-6-7-8-9-10-11-12-13-14-15-16-17-24-23(3)28(37)30(4,39)29(38)31-20-25(34)32-22(2)18-19-26(35)33(5)21-27(36)40-24/h18-19,23-24,39H,2,6-17,20-21H2,1,3-5H3,(H,31,38)(H,32,34). The van der Waals surface area contributed by atoms with Gasteiger partial charge in [-0.25, -0.2) is 0 Å². The summed E-state index contributed by atoms with van der Waals surface area (Å²) in [5, 5.41) is 15.4. The molecule has 0 aromatic carbocycles. The first-order valence-electron chi connectivity index (χ1n) is 14.6. The average Bonchev–Trinajstić information content (AvgIpc) is 2.91. The molecule has 0 spiro atoms. The van der Waals surface area contributed by atoms with E-state index >= 15 is 0 Å². The van der Waals surface area contributed by atoms with E-state index in [2.05, 4.69) is 24.1 Å². The number of nitrogens with one attached hydrogen (secondary N) is 2. The molecule has 10 heteroatoms. The number of hydrogen-bond donors (Lipinski definition) is 3. The molecular formula is C30H49N3O7. The Morgan fingerprint density at radius 3 is 2.10 bits per heavy atom. The van der Waals surface area contributed by atoms with Gasteiger partial charge in [0.1, 0.15) is 12.6 Å². The summed E-state index contributed by atoms with van der Waals surface area (Å²) in [5.41, 5.74) is -2.37. The summed E-state index contributed by atoms with van der Waals surface area (Å²) in [6.45, 7) is 7.49. The first-order valence-corrected chi connectivity index (χ1v) is 14.6. The van der Waals surface area contributed by atoms with Crippen LogP contribution in [0.1, 0.15) is 97.8 Å². The summed E-state index contributed by atoms with van der Waals surface area (Å²) in [4.78, 5) is 64.2. The highest BCUT2D eigenvalue weighted by Gasteiger charge is 2.44. The molecule has 10 nitrogen and oxygen atoms in total.